The summed E-state index contributed by atoms with van der Waals surface area (Å²) in [6.07, 6.45) is -8.69. The number of hydrogen-bond donors (Lipinski definition) is 0. The van der Waals surface area contributed by atoms with Crippen LogP contribution in [0, 0.1) is 0 Å². The largest absolute Gasteiger partial charge is 0.514 e. The summed E-state index contributed by atoms with van der Waals surface area (Å²) in [5.41, 5.74) is -3.24. The molecule has 7 heteroatoms. The summed E-state index contributed by atoms with van der Waals surface area (Å²) < 4.78 is 94.4. The predicted octanol–water partition coefficient (Wildman–Crippen LogP) is 3.50. The molecule has 1 unspecified atom stereocenters. The van der Waals surface area contributed by atoms with Crippen LogP contribution in [0.25, 0.3) is 0 Å². The molecule has 2 fully saturated rings. The smallest absolute Gasteiger partial charge is 0.444 e. The Hall–Kier alpha value is -1.60. The highest BCUT2D eigenvalue weighted by atomic mass is 16.7. The highest BCUT2D eigenvalue weighted by Gasteiger charge is 2.52. The van der Waals surface area contributed by atoms with Crippen LogP contribution in [0.4, 0.5) is 4.79 Å². The topological polar surface area (TPSA) is 60.9 Å². The zero-order valence-electron chi connectivity index (χ0n) is 26.3. The minimum Gasteiger partial charge on any atom is -0.444 e. The highest BCUT2D eigenvalue weighted by molar-refractivity contribution is 6.61. The molecule has 154 valence electrons. The van der Waals surface area contributed by atoms with E-state index in [2.05, 4.69) is 4.98 Å². The van der Waals surface area contributed by atoms with Crippen molar-refractivity contribution in [2.75, 3.05) is 13.0 Å². The third kappa shape index (κ3) is 4.52. The second-order valence-corrected chi connectivity index (χ2v) is 8.70. The van der Waals surface area contributed by atoms with Gasteiger partial charge in [0, 0.05) is 34.2 Å². The van der Waals surface area contributed by atoms with Crippen LogP contribution >= 0.6 is 0 Å². The lowest BCUT2D eigenvalue weighted by atomic mass is 9.83. The zero-order valence-corrected chi connectivity index (χ0v) is 17.3. The Morgan fingerprint density at radius 2 is 1.96 bits per heavy atom. The first-order valence-corrected chi connectivity index (χ1v) is 9.14. The van der Waals surface area contributed by atoms with E-state index in [-0.39, 0.29) is 10.5 Å². The van der Waals surface area contributed by atoms with Crippen LogP contribution in [-0.4, -0.2) is 52.9 Å². The van der Waals surface area contributed by atoms with Gasteiger partial charge in [0.1, 0.15) is 5.60 Å². The number of amides is 1. The van der Waals surface area contributed by atoms with E-state index in [1.165, 1.54) is 32.9 Å². The van der Waals surface area contributed by atoms with Crippen LogP contribution in [0.3, 0.4) is 0 Å². The van der Waals surface area contributed by atoms with Crippen molar-refractivity contribution < 1.29 is 31.2 Å². The molecule has 3 heterocycles. The Morgan fingerprint density at radius 3 is 2.57 bits per heavy atom. The minimum absolute atomic E-state index is 0.0762. The zero-order chi connectivity index (χ0) is 28.8. The van der Waals surface area contributed by atoms with E-state index in [1.54, 1.807) is 27.7 Å². The van der Waals surface area contributed by atoms with Gasteiger partial charge >= 0.3 is 13.2 Å². The van der Waals surface area contributed by atoms with Gasteiger partial charge in [0.05, 0.1) is 19.5 Å². The summed E-state index contributed by atoms with van der Waals surface area (Å²) in [6, 6.07) is 3.96. The molecule has 0 radical (unpaired) electrons. The highest BCUT2D eigenvalue weighted by Crippen LogP contribution is 2.36. The van der Waals surface area contributed by atoms with Gasteiger partial charge in [-0.25, -0.2) is 4.79 Å². The summed E-state index contributed by atoms with van der Waals surface area (Å²) in [5.74, 6) is -3.26. The predicted molar refractivity (Wildman–Crippen MR) is 110 cm³/mol. The summed E-state index contributed by atoms with van der Waals surface area (Å²) in [7, 11) is -1.06. The summed E-state index contributed by atoms with van der Waals surface area (Å²) in [4.78, 5) is 17.2. The third-order valence-electron chi connectivity index (χ3n) is 4.68. The number of ether oxygens (including phenoxy) is 1. The van der Waals surface area contributed by atoms with Crippen molar-refractivity contribution in [1.82, 2.24) is 9.88 Å². The quantitative estimate of drug-likeness (QED) is 0.715. The number of pyridine rings is 1. The van der Waals surface area contributed by atoms with E-state index in [1.807, 2.05) is 0 Å². The molecule has 0 saturated carbocycles. The van der Waals surface area contributed by atoms with Gasteiger partial charge in [-0.1, -0.05) is 6.07 Å². The first-order valence-electron chi connectivity index (χ1n) is 13.6. The van der Waals surface area contributed by atoms with Crippen molar-refractivity contribution in [3.05, 3.63) is 23.9 Å². The minimum atomic E-state index is -3.58. The van der Waals surface area contributed by atoms with Gasteiger partial charge in [-0.3, -0.25) is 4.98 Å². The van der Waals surface area contributed by atoms with Gasteiger partial charge in [-0.05, 0) is 73.3 Å². The second-order valence-electron chi connectivity index (χ2n) is 8.70. The molecule has 2 saturated heterocycles. The number of carbonyl (C=O) groups excluding carboxylic acids is 1. The van der Waals surface area contributed by atoms with Crippen LogP contribution < -0.4 is 5.59 Å². The van der Waals surface area contributed by atoms with E-state index >= 15 is 0 Å². The Balaban J connectivity index is 2.23. The number of hydrogen-bond acceptors (Lipinski definition) is 5. The molecule has 2 aliphatic heterocycles. The van der Waals surface area contributed by atoms with Crippen molar-refractivity contribution in [3.8, 4) is 0 Å². The molecule has 1 aromatic rings. The molecule has 0 N–H and O–H groups in total. The average molecular weight is 397 g/mol. The lowest BCUT2D eigenvalue weighted by Gasteiger charge is -2.34. The number of piperidine rings is 1. The lowest BCUT2D eigenvalue weighted by Crippen LogP contribution is -2.43. The number of likely N-dealkylation sites (tertiary alicyclic amines) is 1. The molecule has 0 aliphatic carbocycles. The molecule has 28 heavy (non-hydrogen) atoms. The van der Waals surface area contributed by atoms with E-state index in [0.717, 1.165) is 6.07 Å². The standard InChI is InChI=1S/C21H33BN2O4/c1-19(2,3)26-18(25)24-13-9-10-15(14-24)16-11-8-12-17(23-16)22-27-20(4,5)21(6,7)28-22/h8,11-12,15H,9-10,13-14H2,1-7H3/i9D2,10D2,13D2,14D2,15D. The molecular weight excluding hydrogens is 355 g/mol. The van der Waals surface area contributed by atoms with Gasteiger partial charge in [0.25, 0.3) is 0 Å². The van der Waals surface area contributed by atoms with Crippen molar-refractivity contribution in [2.24, 2.45) is 0 Å². The molecule has 1 atom stereocenters. The van der Waals surface area contributed by atoms with E-state index in [9.17, 15) is 4.79 Å². The molecule has 0 aromatic carbocycles. The Morgan fingerprint density at radius 1 is 1.32 bits per heavy atom. The number of nitrogens with zero attached hydrogens (tertiary/aromatic N) is 2. The Labute approximate surface area is 181 Å². The van der Waals surface area contributed by atoms with Gasteiger partial charge < -0.3 is 18.9 Å². The van der Waals surface area contributed by atoms with Crippen LogP contribution in [0.15, 0.2) is 18.2 Å². The van der Waals surface area contributed by atoms with Gasteiger partial charge in [-0.15, -0.1) is 0 Å². The SMILES string of the molecule is [2H]C1([2H])N(C(=O)OC(C)(C)C)C([2H])([2H])C([2H])(c2cccc(B3OC(C)(C)C(C)(C)O3)n2)C([2H])([2H])C1([2H])[2H]. The molecule has 0 bridgehead atoms. The first kappa shape index (κ1) is 12.2. The van der Waals surface area contributed by atoms with Crippen molar-refractivity contribution >= 4 is 18.8 Å². The number of carbonyl (C=O) groups is 1. The summed E-state index contributed by atoms with van der Waals surface area (Å²) in [6.45, 7) is 4.55. The average Bonchev–Trinajstić information content (AvgIpc) is 2.91. The van der Waals surface area contributed by atoms with Crippen LogP contribution in [0.2, 0.25) is 0 Å². The van der Waals surface area contributed by atoms with E-state index < -0.39 is 67.3 Å². The normalized spacial score (nSPS) is 38.9. The van der Waals surface area contributed by atoms with Crippen molar-refractivity contribution in [3.63, 3.8) is 0 Å². The molecule has 1 aromatic heterocycles. The third-order valence-corrected chi connectivity index (χ3v) is 4.68. The molecular formula is C21H33BN2O4. The van der Waals surface area contributed by atoms with Gasteiger partial charge in [-0.2, -0.15) is 0 Å². The molecule has 6 nitrogen and oxygen atoms in total. The number of rotatable bonds is 2. The second kappa shape index (κ2) is 7.34. The van der Waals surface area contributed by atoms with Crippen molar-refractivity contribution in [1.29, 1.82) is 0 Å². The monoisotopic (exact) mass is 397 g/mol. The molecule has 2 aliphatic rings. The first-order chi connectivity index (χ1) is 16.3. The summed E-state index contributed by atoms with van der Waals surface area (Å²) >= 11 is 0. The van der Waals surface area contributed by atoms with Gasteiger partial charge in [0.2, 0.25) is 0 Å². The maximum absolute atomic E-state index is 13.1. The lowest BCUT2D eigenvalue weighted by molar-refractivity contribution is 0.00578. The van der Waals surface area contributed by atoms with Crippen LogP contribution in [0.1, 0.15) is 85.1 Å². The number of aromatic nitrogens is 1. The van der Waals surface area contributed by atoms with Crippen LogP contribution in [0.5, 0.6) is 0 Å². The molecule has 1 amide bonds. The Kier molecular flexibility index (Phi) is 3.19. The molecule has 3 rings (SSSR count). The fourth-order valence-corrected chi connectivity index (χ4v) is 2.52. The fourth-order valence-electron chi connectivity index (χ4n) is 2.52. The summed E-state index contributed by atoms with van der Waals surface area (Å²) in [5, 5.41) is 0. The van der Waals surface area contributed by atoms with Crippen molar-refractivity contribution in [2.45, 2.75) is 83.9 Å². The van der Waals surface area contributed by atoms with Gasteiger partial charge in [0.15, 0.2) is 0 Å². The van der Waals surface area contributed by atoms with Crippen LogP contribution in [-0.2, 0) is 14.0 Å². The fraction of sp³-hybridized carbons (Fsp3) is 0.714. The van der Waals surface area contributed by atoms with E-state index in [4.69, 9.17) is 26.4 Å². The molecule has 0 spiro atoms. The van der Waals surface area contributed by atoms with E-state index in [0.29, 0.717) is 0 Å². The Bertz CT molecular complexity index is 1080. The maximum atomic E-state index is 13.1. The maximum Gasteiger partial charge on any atom is 0.514 e.